The molecular formula is C33H38N4O2. The average molecular weight is 523 g/mol. The number of carbonyl (C=O) groups is 1. The Kier molecular flexibility index (Phi) is 5.90. The van der Waals surface area contributed by atoms with Crippen LogP contribution >= 0.6 is 0 Å². The minimum atomic E-state index is -0.171. The smallest absolute Gasteiger partial charge is 0.172 e. The van der Waals surface area contributed by atoms with Gasteiger partial charge in [0.1, 0.15) is 0 Å². The molecule has 3 aliphatic rings. The number of allylic oxidation sites excluding steroid dienone is 1. The van der Waals surface area contributed by atoms with Crippen LogP contribution in [-0.4, -0.2) is 31.9 Å². The summed E-state index contributed by atoms with van der Waals surface area (Å²) in [5.74, 6) is 0.708. The van der Waals surface area contributed by atoms with Crippen LogP contribution in [0.3, 0.4) is 0 Å². The summed E-state index contributed by atoms with van der Waals surface area (Å²) in [6.07, 6.45) is 11.2. The summed E-state index contributed by atoms with van der Waals surface area (Å²) in [6, 6.07) is 0.0781. The van der Waals surface area contributed by atoms with Crippen molar-refractivity contribution in [2.75, 3.05) is 0 Å². The van der Waals surface area contributed by atoms with Crippen molar-refractivity contribution in [3.05, 3.63) is 78.4 Å². The van der Waals surface area contributed by atoms with Crippen LogP contribution in [0.5, 0.6) is 0 Å². The molecule has 0 saturated carbocycles. The number of hydrogen-bond acceptors (Lipinski definition) is 3. The van der Waals surface area contributed by atoms with Crippen LogP contribution in [0, 0.1) is 31.6 Å². The van der Waals surface area contributed by atoms with E-state index in [4.69, 9.17) is 0 Å². The molecule has 1 fully saturated rings. The predicted octanol–water partition coefficient (Wildman–Crippen LogP) is 3.42. The van der Waals surface area contributed by atoms with Gasteiger partial charge in [0.2, 0.25) is 0 Å². The number of Topliss-reactive ketones (excluding diaryl/α,β-unsaturated/α-hetero) is 1. The van der Waals surface area contributed by atoms with Crippen molar-refractivity contribution in [3.8, 4) is 0 Å². The number of fused-ring (bicyclic) bond motifs is 8. The Bertz CT molecular complexity index is 1820. The molecule has 1 unspecified atom stereocenters. The molecule has 0 radical (unpaired) electrons. The van der Waals surface area contributed by atoms with Gasteiger partial charge in [0, 0.05) is 56.3 Å². The normalized spacial score (nSPS) is 27.0. The lowest BCUT2D eigenvalue weighted by Gasteiger charge is -2.23. The molecule has 0 amide bonds. The van der Waals surface area contributed by atoms with Crippen LogP contribution < -0.4 is 26.6 Å². The van der Waals surface area contributed by atoms with E-state index in [1.165, 1.54) is 17.5 Å². The molecule has 5 N–H and O–H groups in total. The van der Waals surface area contributed by atoms with E-state index >= 15 is 0 Å². The van der Waals surface area contributed by atoms with E-state index in [9.17, 15) is 9.90 Å². The maximum atomic E-state index is 13.7. The van der Waals surface area contributed by atoms with E-state index in [-0.39, 0.29) is 17.7 Å². The van der Waals surface area contributed by atoms with Gasteiger partial charge in [-0.05, 0) is 66.7 Å². The van der Waals surface area contributed by atoms with Crippen LogP contribution in [0.2, 0.25) is 0 Å². The van der Waals surface area contributed by atoms with Gasteiger partial charge in [0.25, 0.3) is 0 Å². The molecule has 0 aromatic carbocycles. The molecule has 39 heavy (non-hydrogen) atoms. The number of aliphatic hydroxyl groups excluding tert-OH is 1. The zero-order valence-electron chi connectivity index (χ0n) is 23.7. The molecule has 5 heterocycles. The van der Waals surface area contributed by atoms with Crippen LogP contribution in [0.25, 0.3) is 36.1 Å². The Hall–Kier alpha value is -3.93. The Morgan fingerprint density at radius 3 is 2.38 bits per heavy atom. The Labute approximate surface area is 228 Å². The van der Waals surface area contributed by atoms with Crippen molar-refractivity contribution in [1.29, 1.82) is 0 Å². The number of ketones is 1. The van der Waals surface area contributed by atoms with Gasteiger partial charge in [-0.25, -0.2) is 0 Å². The summed E-state index contributed by atoms with van der Waals surface area (Å²) in [5.41, 5.74) is 10.3. The first-order valence-electron chi connectivity index (χ1n) is 14.1. The van der Waals surface area contributed by atoms with Crippen molar-refractivity contribution in [1.82, 2.24) is 20.3 Å². The Morgan fingerprint density at radius 2 is 1.72 bits per heavy atom. The van der Waals surface area contributed by atoms with E-state index in [0.29, 0.717) is 11.8 Å². The van der Waals surface area contributed by atoms with E-state index in [1.807, 2.05) is 13.0 Å². The first kappa shape index (κ1) is 25.4. The Morgan fingerprint density at radius 1 is 0.974 bits per heavy atom. The largest absolute Gasteiger partial charge is 0.515 e. The molecule has 3 aromatic heterocycles. The lowest BCUT2D eigenvalue weighted by atomic mass is 9.82. The number of rotatable bonds is 3. The molecule has 202 valence electrons. The molecule has 6 rings (SSSR count). The molecule has 0 spiro atoms. The molecule has 2 aliphatic heterocycles. The van der Waals surface area contributed by atoms with Crippen molar-refractivity contribution >= 4 is 41.9 Å². The van der Waals surface area contributed by atoms with Gasteiger partial charge in [-0.15, -0.1) is 0 Å². The highest BCUT2D eigenvalue weighted by molar-refractivity contribution is 6.08. The molecular weight excluding hydrogens is 484 g/mol. The van der Waals surface area contributed by atoms with Gasteiger partial charge in [0.15, 0.2) is 5.78 Å². The third-order valence-electron chi connectivity index (χ3n) is 9.51. The second-order valence-electron chi connectivity index (χ2n) is 11.3. The highest BCUT2D eigenvalue weighted by atomic mass is 16.2. The van der Waals surface area contributed by atoms with E-state index in [0.717, 1.165) is 79.0 Å². The summed E-state index contributed by atoms with van der Waals surface area (Å²) in [4.78, 5) is 24.5. The first-order chi connectivity index (χ1) is 18.7. The summed E-state index contributed by atoms with van der Waals surface area (Å²) >= 11 is 0. The Balaban J connectivity index is 1.77. The minimum Gasteiger partial charge on any atom is -0.515 e. The second-order valence-corrected chi connectivity index (χ2v) is 11.3. The molecule has 4 atom stereocenters. The highest BCUT2D eigenvalue weighted by Gasteiger charge is 2.44. The molecule has 6 heteroatoms. The van der Waals surface area contributed by atoms with Gasteiger partial charge in [-0.1, -0.05) is 46.8 Å². The first-order valence-corrected chi connectivity index (χ1v) is 14.1. The molecule has 3 aromatic rings. The quantitative estimate of drug-likeness (QED) is 0.365. The molecule has 8 bridgehead atoms. The van der Waals surface area contributed by atoms with E-state index in [1.54, 1.807) is 0 Å². The maximum Gasteiger partial charge on any atom is 0.172 e. The summed E-state index contributed by atoms with van der Waals surface area (Å²) in [7, 11) is 0. The predicted molar refractivity (Wildman–Crippen MR) is 159 cm³/mol. The van der Waals surface area contributed by atoms with Crippen molar-refractivity contribution in [2.24, 2.45) is 17.8 Å². The third-order valence-corrected chi connectivity index (χ3v) is 9.51. The number of aliphatic hydroxyl groups is 1. The van der Waals surface area contributed by atoms with Crippen LogP contribution in [0.1, 0.15) is 83.8 Å². The van der Waals surface area contributed by atoms with Crippen LogP contribution in [-0.2, 0) is 6.42 Å². The fourth-order valence-corrected chi connectivity index (χ4v) is 7.27. The number of aromatic amines is 3. The topological polar surface area (TPSA) is 96.7 Å². The van der Waals surface area contributed by atoms with Crippen molar-refractivity contribution in [3.63, 3.8) is 0 Å². The SMILES string of the molecule is C=Cc1c2[nH]c(c1C)/C=C1/NC(C3=c4[nH]/c(c(C)c4C(=O)[C@@H]3C)=C\c3[nH]c(/c(=C\O)c3CC)=C\2)[C@@H](CC)[C@@H]1C. The summed E-state index contributed by atoms with van der Waals surface area (Å²) in [6.45, 7) is 16.9. The molecule has 1 saturated heterocycles. The maximum absolute atomic E-state index is 13.7. The van der Waals surface area contributed by atoms with E-state index < -0.39 is 0 Å². The van der Waals surface area contributed by atoms with Gasteiger partial charge >= 0.3 is 0 Å². The number of hydrogen-bond donors (Lipinski definition) is 5. The zero-order valence-corrected chi connectivity index (χ0v) is 23.7. The number of carbonyl (C=O) groups excluding carboxylic acids is 1. The lowest BCUT2D eigenvalue weighted by Crippen LogP contribution is -2.34. The fourth-order valence-electron chi connectivity index (χ4n) is 7.27. The minimum absolute atomic E-state index is 0.0781. The van der Waals surface area contributed by atoms with Crippen molar-refractivity contribution < 1.29 is 9.90 Å². The summed E-state index contributed by atoms with van der Waals surface area (Å²) in [5, 5.41) is 17.6. The highest BCUT2D eigenvalue weighted by Crippen LogP contribution is 2.41. The van der Waals surface area contributed by atoms with Crippen molar-refractivity contribution in [2.45, 2.75) is 60.4 Å². The fraction of sp³-hybridized carbons (Fsp3) is 0.364. The molecule has 6 nitrogen and oxygen atoms in total. The second kappa shape index (κ2) is 9.08. The van der Waals surface area contributed by atoms with E-state index in [2.05, 4.69) is 79.7 Å². The van der Waals surface area contributed by atoms with Crippen LogP contribution in [0.4, 0.5) is 0 Å². The standard InChI is InChI=1S/C33H38N4O2/c1-8-19-15(4)23-11-24-16(5)20(9-2)31(36-24)29-18(7)33(39)30-17(6)25(37-32(29)30)12-27-21(10-3)22(14-38)28(35-27)13-26(19)34-23/h8,11-14,16,18,20,31,34-38H,1,9-10H2,2-7H3/b22-14-,24-11+,25-12-,28-13-/t16-,18+,20-,31?/m0/s1. The number of nitrogens with one attached hydrogen (secondary N) is 4. The van der Waals surface area contributed by atoms with Gasteiger partial charge in [-0.2, -0.15) is 0 Å². The van der Waals surface area contributed by atoms with Gasteiger partial charge < -0.3 is 25.4 Å². The third kappa shape index (κ3) is 3.50. The molecule has 1 aliphatic carbocycles. The van der Waals surface area contributed by atoms with Gasteiger partial charge in [0.05, 0.1) is 23.0 Å². The lowest BCUT2D eigenvalue weighted by molar-refractivity contribution is 0.0960. The number of aromatic nitrogens is 3. The summed E-state index contributed by atoms with van der Waals surface area (Å²) < 4.78 is 0. The number of H-pyrrole nitrogens is 3. The average Bonchev–Trinajstić information content (AvgIpc) is 3.65. The van der Waals surface area contributed by atoms with Crippen LogP contribution in [0.15, 0.2) is 12.3 Å². The zero-order chi connectivity index (χ0) is 27.7. The monoisotopic (exact) mass is 522 g/mol. The van der Waals surface area contributed by atoms with Gasteiger partial charge in [-0.3, -0.25) is 4.79 Å².